The summed E-state index contributed by atoms with van der Waals surface area (Å²) in [5.74, 6) is -1.58. The SMILES string of the molecule is COC(=O)c1ccc(N2C(=O)CC(N(CCc3ccccc3)C(C)=O)C2=O)cc1. The van der Waals surface area contributed by atoms with Crippen LogP contribution in [0, 0.1) is 0 Å². The highest BCUT2D eigenvalue weighted by Gasteiger charge is 2.43. The molecule has 0 radical (unpaired) electrons. The van der Waals surface area contributed by atoms with Crippen molar-refractivity contribution in [2.45, 2.75) is 25.8 Å². The summed E-state index contributed by atoms with van der Waals surface area (Å²) in [7, 11) is 1.28. The molecular weight excluding hydrogens is 372 g/mol. The lowest BCUT2D eigenvalue weighted by Crippen LogP contribution is -2.45. The van der Waals surface area contributed by atoms with Crippen molar-refractivity contribution in [3.8, 4) is 0 Å². The molecule has 0 bridgehead atoms. The minimum Gasteiger partial charge on any atom is -0.465 e. The quantitative estimate of drug-likeness (QED) is 0.554. The number of benzene rings is 2. The van der Waals surface area contributed by atoms with E-state index in [1.165, 1.54) is 43.2 Å². The van der Waals surface area contributed by atoms with Gasteiger partial charge in [-0.15, -0.1) is 0 Å². The first kappa shape index (κ1) is 20.3. The van der Waals surface area contributed by atoms with Crippen LogP contribution in [0.25, 0.3) is 0 Å². The Balaban J connectivity index is 1.77. The molecule has 7 heteroatoms. The zero-order chi connectivity index (χ0) is 21.0. The first-order valence-corrected chi connectivity index (χ1v) is 9.28. The highest BCUT2D eigenvalue weighted by molar-refractivity contribution is 6.23. The highest BCUT2D eigenvalue weighted by Crippen LogP contribution is 2.26. The number of ether oxygens (including phenoxy) is 1. The molecular formula is C22H22N2O5. The van der Waals surface area contributed by atoms with Crippen LogP contribution in [0.1, 0.15) is 29.3 Å². The molecule has 7 nitrogen and oxygen atoms in total. The first-order valence-electron chi connectivity index (χ1n) is 9.28. The second-order valence-corrected chi connectivity index (χ2v) is 6.77. The molecule has 1 unspecified atom stereocenters. The van der Waals surface area contributed by atoms with Crippen LogP contribution in [-0.2, 0) is 25.5 Å². The topological polar surface area (TPSA) is 84.0 Å². The third-order valence-electron chi connectivity index (χ3n) is 4.93. The zero-order valence-corrected chi connectivity index (χ0v) is 16.3. The largest absolute Gasteiger partial charge is 0.465 e. The van der Waals surface area contributed by atoms with Crippen molar-refractivity contribution in [2.24, 2.45) is 0 Å². The maximum absolute atomic E-state index is 13.0. The van der Waals surface area contributed by atoms with Gasteiger partial charge in [0.15, 0.2) is 0 Å². The van der Waals surface area contributed by atoms with E-state index in [1.54, 1.807) is 0 Å². The smallest absolute Gasteiger partial charge is 0.337 e. The molecule has 0 saturated carbocycles. The molecule has 2 aromatic rings. The molecule has 3 rings (SSSR count). The average molecular weight is 394 g/mol. The van der Waals surface area contributed by atoms with E-state index >= 15 is 0 Å². The molecule has 29 heavy (non-hydrogen) atoms. The van der Waals surface area contributed by atoms with E-state index in [-0.39, 0.29) is 18.2 Å². The summed E-state index contributed by atoms with van der Waals surface area (Å²) >= 11 is 0. The third-order valence-corrected chi connectivity index (χ3v) is 4.93. The van der Waals surface area contributed by atoms with Gasteiger partial charge < -0.3 is 9.64 Å². The summed E-state index contributed by atoms with van der Waals surface area (Å²) in [6.45, 7) is 1.74. The van der Waals surface area contributed by atoms with E-state index in [1.807, 2.05) is 30.3 Å². The van der Waals surface area contributed by atoms with Crippen LogP contribution in [0.2, 0.25) is 0 Å². The van der Waals surface area contributed by atoms with E-state index in [0.717, 1.165) is 10.5 Å². The average Bonchev–Trinajstić information content (AvgIpc) is 3.02. The molecule has 0 N–H and O–H groups in total. The Morgan fingerprint density at radius 2 is 1.72 bits per heavy atom. The molecule has 1 fully saturated rings. The zero-order valence-electron chi connectivity index (χ0n) is 16.3. The number of imide groups is 1. The molecule has 2 aromatic carbocycles. The normalized spacial score (nSPS) is 16.1. The van der Waals surface area contributed by atoms with Gasteiger partial charge in [-0.1, -0.05) is 30.3 Å². The second kappa shape index (κ2) is 8.68. The van der Waals surface area contributed by atoms with Gasteiger partial charge in [0.2, 0.25) is 11.8 Å². The predicted molar refractivity (Wildman–Crippen MR) is 106 cm³/mol. The Hall–Kier alpha value is -3.48. The van der Waals surface area contributed by atoms with Crippen molar-refractivity contribution in [3.63, 3.8) is 0 Å². The van der Waals surface area contributed by atoms with Gasteiger partial charge in [0.25, 0.3) is 5.91 Å². The van der Waals surface area contributed by atoms with Crippen molar-refractivity contribution in [3.05, 3.63) is 65.7 Å². The second-order valence-electron chi connectivity index (χ2n) is 6.77. The van der Waals surface area contributed by atoms with E-state index in [0.29, 0.717) is 24.2 Å². The molecule has 1 saturated heterocycles. The van der Waals surface area contributed by atoms with Crippen molar-refractivity contribution in [1.29, 1.82) is 0 Å². The van der Waals surface area contributed by atoms with Crippen LogP contribution in [-0.4, -0.2) is 48.3 Å². The summed E-state index contributed by atoms with van der Waals surface area (Å²) in [6, 6.07) is 14.8. The van der Waals surface area contributed by atoms with Gasteiger partial charge in [0.1, 0.15) is 6.04 Å². The number of amides is 3. The lowest BCUT2D eigenvalue weighted by molar-refractivity contribution is -0.136. The number of methoxy groups -OCH3 is 1. The number of hydrogen-bond acceptors (Lipinski definition) is 5. The summed E-state index contributed by atoms with van der Waals surface area (Å²) < 4.78 is 4.65. The van der Waals surface area contributed by atoms with Gasteiger partial charge >= 0.3 is 5.97 Å². The third kappa shape index (κ3) is 4.34. The Morgan fingerprint density at radius 3 is 2.31 bits per heavy atom. The van der Waals surface area contributed by atoms with Gasteiger partial charge in [-0.3, -0.25) is 14.4 Å². The van der Waals surface area contributed by atoms with Crippen molar-refractivity contribution in [2.75, 3.05) is 18.6 Å². The molecule has 1 heterocycles. The van der Waals surface area contributed by atoms with Crippen LogP contribution < -0.4 is 4.90 Å². The van der Waals surface area contributed by atoms with E-state index in [2.05, 4.69) is 4.74 Å². The molecule has 0 spiro atoms. The Bertz CT molecular complexity index is 924. The van der Waals surface area contributed by atoms with Crippen molar-refractivity contribution in [1.82, 2.24) is 4.90 Å². The number of esters is 1. The fourth-order valence-corrected chi connectivity index (χ4v) is 3.42. The predicted octanol–water partition coefficient (Wildman–Crippen LogP) is 2.20. The van der Waals surface area contributed by atoms with Crippen LogP contribution in [0.5, 0.6) is 0 Å². The lowest BCUT2D eigenvalue weighted by Gasteiger charge is -2.26. The molecule has 1 aliphatic heterocycles. The maximum Gasteiger partial charge on any atom is 0.337 e. The highest BCUT2D eigenvalue weighted by atomic mass is 16.5. The minimum absolute atomic E-state index is 0.0635. The van der Waals surface area contributed by atoms with Crippen LogP contribution in [0.3, 0.4) is 0 Å². The molecule has 0 aliphatic carbocycles. The van der Waals surface area contributed by atoms with Crippen LogP contribution >= 0.6 is 0 Å². The summed E-state index contributed by atoms with van der Waals surface area (Å²) in [4.78, 5) is 51.8. The van der Waals surface area contributed by atoms with E-state index in [4.69, 9.17) is 0 Å². The number of nitrogens with zero attached hydrogens (tertiary/aromatic N) is 2. The minimum atomic E-state index is -0.830. The molecule has 1 atom stereocenters. The number of anilines is 1. The monoisotopic (exact) mass is 394 g/mol. The van der Waals surface area contributed by atoms with Crippen LogP contribution in [0.4, 0.5) is 5.69 Å². The number of rotatable bonds is 6. The van der Waals surface area contributed by atoms with Crippen molar-refractivity contribution >= 4 is 29.4 Å². The van der Waals surface area contributed by atoms with Crippen molar-refractivity contribution < 1.29 is 23.9 Å². The molecule has 150 valence electrons. The van der Waals surface area contributed by atoms with E-state index in [9.17, 15) is 19.2 Å². The Labute approximate surface area is 168 Å². The standard InChI is InChI=1S/C22H22N2O5/c1-15(25)23(13-12-16-6-4-3-5-7-16)19-14-20(26)24(21(19)27)18-10-8-17(9-11-18)22(28)29-2/h3-11,19H,12-14H2,1-2H3. The molecule has 3 amide bonds. The van der Waals surface area contributed by atoms with Gasteiger partial charge in [0, 0.05) is 13.5 Å². The fourth-order valence-electron chi connectivity index (χ4n) is 3.42. The van der Waals surface area contributed by atoms with Gasteiger partial charge in [-0.05, 0) is 36.2 Å². The molecule has 1 aliphatic rings. The van der Waals surface area contributed by atoms with Crippen LogP contribution in [0.15, 0.2) is 54.6 Å². The Kier molecular flexibility index (Phi) is 6.07. The first-order chi connectivity index (χ1) is 13.9. The number of carbonyl (C=O) groups is 4. The summed E-state index contributed by atoms with van der Waals surface area (Å²) in [6.07, 6.45) is 0.526. The number of carbonyl (C=O) groups excluding carboxylic acids is 4. The maximum atomic E-state index is 13.0. The summed E-state index contributed by atoms with van der Waals surface area (Å²) in [5.41, 5.74) is 1.73. The Morgan fingerprint density at radius 1 is 1.07 bits per heavy atom. The van der Waals surface area contributed by atoms with Gasteiger partial charge in [-0.2, -0.15) is 0 Å². The lowest BCUT2D eigenvalue weighted by atomic mass is 10.1. The summed E-state index contributed by atoms with van der Waals surface area (Å²) in [5, 5.41) is 0. The van der Waals surface area contributed by atoms with Gasteiger partial charge in [-0.25, -0.2) is 9.69 Å². The van der Waals surface area contributed by atoms with Gasteiger partial charge in [0.05, 0.1) is 24.8 Å². The molecule has 0 aromatic heterocycles. The fraction of sp³-hybridized carbons (Fsp3) is 0.273. The number of hydrogen-bond donors (Lipinski definition) is 0. The van der Waals surface area contributed by atoms with E-state index < -0.39 is 17.9 Å².